The fourth-order valence-corrected chi connectivity index (χ4v) is 2.90. The highest BCUT2D eigenvalue weighted by Gasteiger charge is 2.25. The summed E-state index contributed by atoms with van der Waals surface area (Å²) in [6, 6.07) is 7.75. The summed E-state index contributed by atoms with van der Waals surface area (Å²) in [6.07, 6.45) is 1.72. The van der Waals surface area contributed by atoms with Gasteiger partial charge in [-0.1, -0.05) is 26.0 Å². The van der Waals surface area contributed by atoms with Gasteiger partial charge in [-0.2, -0.15) is 0 Å². The lowest BCUT2D eigenvalue weighted by atomic mass is 9.91. The van der Waals surface area contributed by atoms with Gasteiger partial charge in [-0.25, -0.2) is 0 Å². The molecule has 1 aliphatic rings. The molecule has 1 saturated heterocycles. The molecule has 0 spiro atoms. The fraction of sp³-hybridized carbons (Fsp3) is 0.562. The van der Waals surface area contributed by atoms with E-state index in [1.165, 1.54) is 6.42 Å². The Morgan fingerprint density at radius 3 is 2.32 bits per heavy atom. The highest BCUT2D eigenvalue weighted by Crippen LogP contribution is 2.22. The summed E-state index contributed by atoms with van der Waals surface area (Å²) in [6.45, 7) is 6.26. The zero-order valence-electron chi connectivity index (χ0n) is 12.1. The molecule has 3 nitrogen and oxygen atoms in total. The Labute approximate surface area is 115 Å². The van der Waals surface area contributed by atoms with Crippen LogP contribution in [0.2, 0.25) is 0 Å². The smallest absolute Gasteiger partial charge is 0.227 e. The lowest BCUT2D eigenvalue weighted by molar-refractivity contribution is -0.133. The van der Waals surface area contributed by atoms with E-state index in [0.29, 0.717) is 18.3 Å². The van der Waals surface area contributed by atoms with Crippen LogP contribution in [-0.4, -0.2) is 31.0 Å². The van der Waals surface area contributed by atoms with Crippen molar-refractivity contribution in [3.63, 3.8) is 0 Å². The maximum atomic E-state index is 12.3. The van der Waals surface area contributed by atoms with Crippen LogP contribution in [0.1, 0.15) is 25.8 Å². The van der Waals surface area contributed by atoms with Crippen LogP contribution in [0.4, 0.5) is 0 Å². The van der Waals surface area contributed by atoms with Gasteiger partial charge < -0.3 is 9.64 Å². The second-order valence-corrected chi connectivity index (χ2v) is 5.77. The van der Waals surface area contributed by atoms with Gasteiger partial charge in [0.2, 0.25) is 5.91 Å². The van der Waals surface area contributed by atoms with E-state index < -0.39 is 0 Å². The van der Waals surface area contributed by atoms with Crippen molar-refractivity contribution in [2.45, 2.75) is 26.7 Å². The molecule has 104 valence electrons. The molecule has 3 heteroatoms. The Bertz CT molecular complexity index is 417. The first-order chi connectivity index (χ1) is 9.08. The maximum absolute atomic E-state index is 12.3. The third-order valence-electron chi connectivity index (χ3n) is 3.74. The van der Waals surface area contributed by atoms with Crippen LogP contribution in [0.5, 0.6) is 5.75 Å². The number of benzene rings is 1. The van der Waals surface area contributed by atoms with Gasteiger partial charge in [0.05, 0.1) is 13.5 Å². The largest absolute Gasteiger partial charge is 0.497 e. The van der Waals surface area contributed by atoms with Crippen molar-refractivity contribution >= 4 is 5.91 Å². The first-order valence-electron chi connectivity index (χ1n) is 6.99. The molecule has 1 aliphatic heterocycles. The molecule has 2 rings (SSSR count). The van der Waals surface area contributed by atoms with Crippen LogP contribution in [0.3, 0.4) is 0 Å². The van der Waals surface area contributed by atoms with Crippen molar-refractivity contribution in [1.82, 2.24) is 4.90 Å². The summed E-state index contributed by atoms with van der Waals surface area (Å²) in [5.74, 6) is 2.30. The van der Waals surface area contributed by atoms with Crippen molar-refractivity contribution in [2.75, 3.05) is 20.2 Å². The molecule has 0 unspecified atom stereocenters. The van der Waals surface area contributed by atoms with E-state index in [-0.39, 0.29) is 5.91 Å². The number of likely N-dealkylation sites (tertiary alicyclic amines) is 1. The predicted molar refractivity (Wildman–Crippen MR) is 76.2 cm³/mol. The van der Waals surface area contributed by atoms with E-state index in [2.05, 4.69) is 13.8 Å². The number of ether oxygens (including phenoxy) is 1. The summed E-state index contributed by atoms with van der Waals surface area (Å²) >= 11 is 0. The number of amides is 1. The Morgan fingerprint density at radius 2 is 1.79 bits per heavy atom. The zero-order chi connectivity index (χ0) is 13.8. The van der Waals surface area contributed by atoms with E-state index in [1.54, 1.807) is 7.11 Å². The summed E-state index contributed by atoms with van der Waals surface area (Å²) in [4.78, 5) is 14.3. The Morgan fingerprint density at radius 1 is 1.21 bits per heavy atom. The predicted octanol–water partition coefficient (Wildman–Crippen LogP) is 2.74. The molecule has 1 aromatic rings. The molecule has 1 fully saturated rings. The number of hydrogen-bond acceptors (Lipinski definition) is 2. The SMILES string of the molecule is COc1ccc(CC(=O)N2C[C@H](C)C[C@@H](C)C2)cc1. The summed E-state index contributed by atoms with van der Waals surface area (Å²) in [7, 11) is 1.65. The molecule has 0 aliphatic carbocycles. The molecule has 1 heterocycles. The van der Waals surface area contributed by atoms with Crippen molar-refractivity contribution < 1.29 is 9.53 Å². The van der Waals surface area contributed by atoms with Gasteiger partial charge in [-0.05, 0) is 36.0 Å². The fourth-order valence-electron chi connectivity index (χ4n) is 2.90. The van der Waals surface area contributed by atoms with Gasteiger partial charge in [0, 0.05) is 13.1 Å². The average Bonchev–Trinajstić information content (AvgIpc) is 2.38. The minimum atomic E-state index is 0.239. The number of nitrogens with zero attached hydrogens (tertiary/aromatic N) is 1. The summed E-state index contributed by atoms with van der Waals surface area (Å²) in [5, 5.41) is 0. The highest BCUT2D eigenvalue weighted by atomic mass is 16.5. The minimum absolute atomic E-state index is 0.239. The molecular weight excluding hydrogens is 238 g/mol. The molecule has 0 radical (unpaired) electrons. The molecular formula is C16H23NO2. The number of piperidine rings is 1. The highest BCUT2D eigenvalue weighted by molar-refractivity contribution is 5.79. The molecule has 0 aromatic heterocycles. The number of rotatable bonds is 3. The molecule has 19 heavy (non-hydrogen) atoms. The zero-order valence-corrected chi connectivity index (χ0v) is 12.1. The molecule has 0 bridgehead atoms. The quantitative estimate of drug-likeness (QED) is 0.837. The van der Waals surface area contributed by atoms with E-state index in [0.717, 1.165) is 24.4 Å². The van der Waals surface area contributed by atoms with Crippen LogP contribution in [0, 0.1) is 11.8 Å². The van der Waals surface area contributed by atoms with Gasteiger partial charge in [0.25, 0.3) is 0 Å². The van der Waals surface area contributed by atoms with Gasteiger partial charge in [0.15, 0.2) is 0 Å². The van der Waals surface area contributed by atoms with Gasteiger partial charge >= 0.3 is 0 Å². The van der Waals surface area contributed by atoms with E-state index >= 15 is 0 Å². The lowest BCUT2D eigenvalue weighted by Gasteiger charge is -2.35. The third kappa shape index (κ3) is 3.72. The minimum Gasteiger partial charge on any atom is -0.497 e. The van der Waals surface area contributed by atoms with Gasteiger partial charge in [-0.3, -0.25) is 4.79 Å². The molecule has 1 amide bonds. The molecule has 0 N–H and O–H groups in total. The van der Waals surface area contributed by atoms with Gasteiger partial charge in [-0.15, -0.1) is 0 Å². The topological polar surface area (TPSA) is 29.5 Å². The molecule has 0 saturated carbocycles. The summed E-state index contributed by atoms with van der Waals surface area (Å²) < 4.78 is 5.12. The Balaban J connectivity index is 1.96. The van der Waals surface area contributed by atoms with Crippen LogP contribution < -0.4 is 4.74 Å². The van der Waals surface area contributed by atoms with Crippen molar-refractivity contribution in [2.24, 2.45) is 11.8 Å². The average molecular weight is 261 g/mol. The van der Waals surface area contributed by atoms with Crippen LogP contribution >= 0.6 is 0 Å². The van der Waals surface area contributed by atoms with Crippen molar-refractivity contribution in [1.29, 1.82) is 0 Å². The standard InChI is InChI=1S/C16H23NO2/c1-12-8-13(2)11-17(10-12)16(18)9-14-4-6-15(19-3)7-5-14/h4-7,12-13H,8-11H2,1-3H3/t12-,13-/m1/s1. The normalized spacial score (nSPS) is 23.2. The van der Waals surface area contributed by atoms with E-state index in [9.17, 15) is 4.79 Å². The molecule has 2 atom stereocenters. The monoisotopic (exact) mass is 261 g/mol. The number of hydrogen-bond donors (Lipinski definition) is 0. The third-order valence-corrected chi connectivity index (χ3v) is 3.74. The van der Waals surface area contributed by atoms with Crippen molar-refractivity contribution in [3.8, 4) is 5.75 Å². The second-order valence-electron chi connectivity index (χ2n) is 5.77. The lowest BCUT2D eigenvalue weighted by Crippen LogP contribution is -2.43. The number of methoxy groups -OCH3 is 1. The van der Waals surface area contributed by atoms with E-state index in [4.69, 9.17) is 4.74 Å². The van der Waals surface area contributed by atoms with Crippen LogP contribution in [-0.2, 0) is 11.2 Å². The maximum Gasteiger partial charge on any atom is 0.227 e. The second kappa shape index (κ2) is 6.09. The van der Waals surface area contributed by atoms with Crippen molar-refractivity contribution in [3.05, 3.63) is 29.8 Å². The Hall–Kier alpha value is -1.51. The number of carbonyl (C=O) groups excluding carboxylic acids is 1. The van der Waals surface area contributed by atoms with Crippen LogP contribution in [0.15, 0.2) is 24.3 Å². The molecule has 1 aromatic carbocycles. The Kier molecular flexibility index (Phi) is 4.46. The first-order valence-corrected chi connectivity index (χ1v) is 6.99. The first kappa shape index (κ1) is 13.9. The van der Waals surface area contributed by atoms with Gasteiger partial charge in [0.1, 0.15) is 5.75 Å². The van der Waals surface area contributed by atoms with Crippen LogP contribution in [0.25, 0.3) is 0 Å². The van der Waals surface area contributed by atoms with E-state index in [1.807, 2.05) is 29.2 Å². The number of carbonyl (C=O) groups is 1. The summed E-state index contributed by atoms with van der Waals surface area (Å²) in [5.41, 5.74) is 1.05.